The van der Waals surface area contributed by atoms with Crippen LogP contribution in [-0.4, -0.2) is 16.3 Å². The molecule has 26 heavy (non-hydrogen) atoms. The van der Waals surface area contributed by atoms with E-state index in [-0.39, 0.29) is 5.69 Å². The molecule has 4 rings (SSSR count). The summed E-state index contributed by atoms with van der Waals surface area (Å²) in [5.74, 6) is -0.445. The number of hydrogen-bond donors (Lipinski definition) is 1. The first-order chi connectivity index (χ1) is 12.8. The number of fused-ring (bicyclic) bond motifs is 1. The summed E-state index contributed by atoms with van der Waals surface area (Å²) >= 11 is 0. The van der Waals surface area contributed by atoms with E-state index in [1.165, 1.54) is 0 Å². The maximum Gasteiger partial charge on any atom is 0.173 e. The summed E-state index contributed by atoms with van der Waals surface area (Å²) in [7, 11) is 0. The van der Waals surface area contributed by atoms with Gasteiger partial charge in [0.25, 0.3) is 0 Å². The first kappa shape index (κ1) is 15.9. The van der Waals surface area contributed by atoms with Gasteiger partial charge >= 0.3 is 0 Å². The number of rotatable bonds is 4. The molecule has 0 unspecified atom stereocenters. The molecular weight excluding hydrogens is 329 g/mol. The molecule has 2 heterocycles. The topological polar surface area (TPSA) is 54.9 Å². The minimum Gasteiger partial charge on any atom is -0.352 e. The lowest BCUT2D eigenvalue weighted by atomic mass is 10.1. The third-order valence-corrected chi connectivity index (χ3v) is 4.10. The zero-order chi connectivity index (χ0) is 17.9. The molecule has 0 saturated heterocycles. The Balaban J connectivity index is 1.91. The van der Waals surface area contributed by atoms with E-state index < -0.39 is 5.82 Å². The van der Waals surface area contributed by atoms with Gasteiger partial charge in [-0.1, -0.05) is 42.5 Å². The number of carbonyl (C=O) groups is 1. The van der Waals surface area contributed by atoms with Gasteiger partial charge in [0.1, 0.15) is 12.0 Å². The quantitative estimate of drug-likeness (QED) is 0.530. The zero-order valence-electron chi connectivity index (χ0n) is 13.7. The number of carbonyl (C=O) groups excluding carboxylic acids is 1. The largest absolute Gasteiger partial charge is 0.352 e. The van der Waals surface area contributed by atoms with Crippen LogP contribution in [0.5, 0.6) is 0 Å². The number of para-hydroxylation sites is 1. The predicted molar refractivity (Wildman–Crippen MR) is 100 cm³/mol. The van der Waals surface area contributed by atoms with Gasteiger partial charge in [0.15, 0.2) is 5.82 Å². The summed E-state index contributed by atoms with van der Waals surface area (Å²) in [6.07, 6.45) is 4.04. The number of halogens is 1. The molecule has 0 aliphatic heterocycles. The first-order valence-electron chi connectivity index (χ1n) is 8.07. The lowest BCUT2D eigenvalue weighted by molar-refractivity contribution is 0.112. The second kappa shape index (κ2) is 6.72. The maximum atomic E-state index is 15.3. The molecule has 0 bridgehead atoms. The molecule has 0 amide bonds. The van der Waals surface area contributed by atoms with E-state index in [9.17, 15) is 4.79 Å². The summed E-state index contributed by atoms with van der Waals surface area (Å²) in [6.45, 7) is 0. The van der Waals surface area contributed by atoms with E-state index in [2.05, 4.69) is 15.3 Å². The molecule has 0 radical (unpaired) electrons. The molecule has 0 atom stereocenters. The van der Waals surface area contributed by atoms with Crippen LogP contribution in [0.15, 0.2) is 73.1 Å². The molecule has 2 aromatic heterocycles. The fourth-order valence-electron chi connectivity index (χ4n) is 2.80. The Morgan fingerprint density at radius 3 is 2.38 bits per heavy atom. The minimum atomic E-state index is -0.445. The number of benzene rings is 2. The molecule has 4 nitrogen and oxygen atoms in total. The van der Waals surface area contributed by atoms with Gasteiger partial charge in [0.05, 0.1) is 11.2 Å². The Morgan fingerprint density at radius 2 is 1.65 bits per heavy atom. The number of anilines is 2. The smallest absolute Gasteiger partial charge is 0.173 e. The Bertz CT molecular complexity index is 1080. The average molecular weight is 343 g/mol. The predicted octanol–water partition coefficient (Wildman–Crippen LogP) is 4.99. The van der Waals surface area contributed by atoms with Crippen LogP contribution in [0, 0.1) is 5.82 Å². The van der Waals surface area contributed by atoms with E-state index in [1.807, 2.05) is 24.3 Å². The molecule has 1 N–H and O–H groups in total. The molecule has 5 heteroatoms. The van der Waals surface area contributed by atoms with E-state index in [0.717, 1.165) is 12.0 Å². The van der Waals surface area contributed by atoms with Crippen LogP contribution in [0.3, 0.4) is 0 Å². The zero-order valence-corrected chi connectivity index (χ0v) is 13.7. The van der Waals surface area contributed by atoms with Crippen LogP contribution in [0.2, 0.25) is 0 Å². The van der Waals surface area contributed by atoms with Gasteiger partial charge < -0.3 is 5.32 Å². The summed E-state index contributed by atoms with van der Waals surface area (Å²) in [5, 5.41) is 3.83. The van der Waals surface area contributed by atoms with E-state index in [0.29, 0.717) is 27.7 Å². The molecule has 126 valence electrons. The lowest BCUT2D eigenvalue weighted by Gasteiger charge is -2.14. The van der Waals surface area contributed by atoms with Crippen molar-refractivity contribution in [3.63, 3.8) is 0 Å². The summed E-state index contributed by atoms with van der Waals surface area (Å²) in [5.41, 5.74) is 3.15. The van der Waals surface area contributed by atoms with Crippen molar-refractivity contribution in [1.29, 1.82) is 0 Å². The molecule has 0 spiro atoms. The molecule has 0 saturated carbocycles. The third-order valence-electron chi connectivity index (χ3n) is 4.10. The van der Waals surface area contributed by atoms with Gasteiger partial charge in [-0.2, -0.15) is 0 Å². The monoisotopic (exact) mass is 343 g/mol. The van der Waals surface area contributed by atoms with Crippen LogP contribution in [-0.2, 0) is 0 Å². The van der Waals surface area contributed by atoms with Crippen molar-refractivity contribution < 1.29 is 9.18 Å². The summed E-state index contributed by atoms with van der Waals surface area (Å²) in [6, 6.07) is 17.6. The average Bonchev–Trinajstić information content (AvgIpc) is 2.71. The van der Waals surface area contributed by atoms with Crippen LogP contribution in [0.25, 0.3) is 22.2 Å². The highest BCUT2D eigenvalue weighted by molar-refractivity contribution is 5.96. The molecule has 4 aromatic rings. The van der Waals surface area contributed by atoms with Crippen molar-refractivity contribution in [1.82, 2.24) is 9.97 Å². The summed E-state index contributed by atoms with van der Waals surface area (Å²) < 4.78 is 15.3. The number of hydrogen-bond acceptors (Lipinski definition) is 4. The van der Waals surface area contributed by atoms with E-state index >= 15 is 4.39 Å². The van der Waals surface area contributed by atoms with Gasteiger partial charge in [-0.15, -0.1) is 0 Å². The first-order valence-corrected chi connectivity index (χ1v) is 8.07. The van der Waals surface area contributed by atoms with Crippen molar-refractivity contribution in [3.05, 3.63) is 84.4 Å². The Hall–Kier alpha value is -3.60. The molecule has 0 aliphatic rings. The van der Waals surface area contributed by atoms with Gasteiger partial charge in [0, 0.05) is 34.6 Å². The Morgan fingerprint density at radius 1 is 0.923 bits per heavy atom. The molecule has 0 aliphatic carbocycles. The number of aromatic nitrogens is 2. The normalized spacial score (nSPS) is 10.7. The highest BCUT2D eigenvalue weighted by atomic mass is 19.1. The molecule has 0 fully saturated rings. The molecule has 2 aromatic carbocycles. The van der Waals surface area contributed by atoms with Crippen molar-refractivity contribution in [2.45, 2.75) is 0 Å². The number of aldehydes is 1. The Labute approximate surface area is 149 Å². The standard InChI is InChI=1S/C21H14FN3O/c22-19-20(15-7-5-14(13-26)6-8-15)25-18-4-2-1-3-17(18)21(19)24-16-9-11-23-12-10-16/h1-13H,(H,23,24,25). The van der Waals surface area contributed by atoms with Gasteiger partial charge in [0.2, 0.25) is 0 Å². The van der Waals surface area contributed by atoms with Crippen LogP contribution in [0.1, 0.15) is 10.4 Å². The number of pyridine rings is 2. The van der Waals surface area contributed by atoms with E-state index in [4.69, 9.17) is 0 Å². The fraction of sp³-hybridized carbons (Fsp3) is 0. The summed E-state index contributed by atoms with van der Waals surface area (Å²) in [4.78, 5) is 19.3. The second-order valence-corrected chi connectivity index (χ2v) is 5.77. The molecular formula is C21H14FN3O. The second-order valence-electron chi connectivity index (χ2n) is 5.77. The SMILES string of the molecule is O=Cc1ccc(-c2nc3ccccc3c(Nc3ccncc3)c2F)cc1. The van der Waals surface area contributed by atoms with Crippen molar-refractivity contribution >= 4 is 28.6 Å². The van der Waals surface area contributed by atoms with Crippen LogP contribution >= 0.6 is 0 Å². The fourth-order valence-corrected chi connectivity index (χ4v) is 2.80. The number of nitrogens with zero attached hydrogens (tertiary/aromatic N) is 2. The Kier molecular flexibility index (Phi) is 4.11. The van der Waals surface area contributed by atoms with Crippen molar-refractivity contribution in [2.24, 2.45) is 0 Å². The van der Waals surface area contributed by atoms with Gasteiger partial charge in [-0.25, -0.2) is 9.37 Å². The minimum absolute atomic E-state index is 0.234. The highest BCUT2D eigenvalue weighted by Crippen LogP contribution is 2.34. The third kappa shape index (κ3) is 2.91. The lowest BCUT2D eigenvalue weighted by Crippen LogP contribution is -2.00. The van der Waals surface area contributed by atoms with E-state index in [1.54, 1.807) is 48.8 Å². The number of nitrogens with one attached hydrogen (secondary N) is 1. The van der Waals surface area contributed by atoms with Crippen molar-refractivity contribution in [2.75, 3.05) is 5.32 Å². The van der Waals surface area contributed by atoms with Gasteiger partial charge in [-0.05, 0) is 18.2 Å². The van der Waals surface area contributed by atoms with Gasteiger partial charge in [-0.3, -0.25) is 9.78 Å². The maximum absolute atomic E-state index is 15.3. The van der Waals surface area contributed by atoms with Crippen LogP contribution in [0.4, 0.5) is 15.8 Å². The highest BCUT2D eigenvalue weighted by Gasteiger charge is 2.16. The van der Waals surface area contributed by atoms with Crippen molar-refractivity contribution in [3.8, 4) is 11.3 Å². The van der Waals surface area contributed by atoms with Crippen LogP contribution < -0.4 is 5.32 Å².